The lowest BCUT2D eigenvalue weighted by molar-refractivity contribution is -0.115. The summed E-state index contributed by atoms with van der Waals surface area (Å²) in [6.07, 6.45) is 2.28. The van der Waals surface area contributed by atoms with Gasteiger partial charge >= 0.3 is 0 Å². The molecular formula is C19H16ClN3O. The highest BCUT2D eigenvalue weighted by Gasteiger charge is 2.20. The maximum absolute atomic E-state index is 11.6. The van der Waals surface area contributed by atoms with Gasteiger partial charge in [0.25, 0.3) is 0 Å². The number of anilines is 1. The van der Waals surface area contributed by atoms with Crippen LogP contribution in [0.1, 0.15) is 11.3 Å². The number of carbonyl (C=O) groups is 1. The number of nitrogens with one attached hydrogen (secondary N) is 1. The van der Waals surface area contributed by atoms with Crippen molar-refractivity contribution < 1.29 is 4.79 Å². The molecule has 0 unspecified atom stereocenters. The number of aromatic nitrogens is 2. The van der Waals surface area contributed by atoms with E-state index in [1.807, 2.05) is 55.2 Å². The predicted molar refractivity (Wildman–Crippen MR) is 96.2 cm³/mol. The SMILES string of the molecule is Cc1c(-c2cccc(Cl)c2-c2ccc3c(c2)CC(=O)N3)cnn1C. The average molecular weight is 338 g/mol. The highest BCUT2D eigenvalue weighted by Crippen LogP contribution is 2.40. The summed E-state index contributed by atoms with van der Waals surface area (Å²) in [5, 5.41) is 7.90. The van der Waals surface area contributed by atoms with Crippen LogP contribution in [0, 0.1) is 6.92 Å². The van der Waals surface area contributed by atoms with Crippen LogP contribution >= 0.6 is 11.6 Å². The van der Waals surface area contributed by atoms with E-state index in [0.717, 1.165) is 39.2 Å². The normalized spacial score (nSPS) is 13.0. The number of amides is 1. The van der Waals surface area contributed by atoms with Gasteiger partial charge in [0, 0.05) is 34.6 Å². The van der Waals surface area contributed by atoms with Crippen molar-refractivity contribution in [3.05, 3.63) is 58.9 Å². The second-order valence-electron chi connectivity index (χ2n) is 6.03. The van der Waals surface area contributed by atoms with Crippen molar-refractivity contribution in [1.82, 2.24) is 9.78 Å². The third kappa shape index (κ3) is 2.31. The summed E-state index contributed by atoms with van der Waals surface area (Å²) in [5.74, 6) is 0.0321. The Morgan fingerprint density at radius 1 is 1.21 bits per heavy atom. The first-order chi connectivity index (χ1) is 11.5. The number of fused-ring (bicyclic) bond motifs is 1. The van der Waals surface area contributed by atoms with Crippen LogP contribution in [0.2, 0.25) is 5.02 Å². The zero-order valence-electron chi connectivity index (χ0n) is 13.4. The van der Waals surface area contributed by atoms with E-state index in [1.54, 1.807) is 0 Å². The van der Waals surface area contributed by atoms with Crippen molar-refractivity contribution in [3.8, 4) is 22.3 Å². The molecule has 5 heteroatoms. The van der Waals surface area contributed by atoms with E-state index in [0.29, 0.717) is 11.4 Å². The first-order valence-electron chi connectivity index (χ1n) is 7.75. The van der Waals surface area contributed by atoms with Crippen molar-refractivity contribution in [3.63, 3.8) is 0 Å². The first kappa shape index (κ1) is 15.0. The molecule has 120 valence electrons. The van der Waals surface area contributed by atoms with Crippen LogP contribution in [-0.4, -0.2) is 15.7 Å². The molecule has 24 heavy (non-hydrogen) atoms. The van der Waals surface area contributed by atoms with Crippen molar-refractivity contribution in [2.45, 2.75) is 13.3 Å². The molecule has 0 bridgehead atoms. The second-order valence-corrected chi connectivity index (χ2v) is 6.43. The molecule has 1 N–H and O–H groups in total. The summed E-state index contributed by atoms with van der Waals surface area (Å²) in [6, 6.07) is 11.9. The number of hydrogen-bond acceptors (Lipinski definition) is 2. The molecule has 0 fully saturated rings. The summed E-state index contributed by atoms with van der Waals surface area (Å²) in [6.45, 7) is 2.04. The van der Waals surface area contributed by atoms with E-state index >= 15 is 0 Å². The van der Waals surface area contributed by atoms with E-state index < -0.39 is 0 Å². The Morgan fingerprint density at radius 2 is 2.04 bits per heavy atom. The Bertz CT molecular complexity index is 975. The van der Waals surface area contributed by atoms with Gasteiger partial charge in [-0.2, -0.15) is 5.10 Å². The molecule has 1 aromatic heterocycles. The number of nitrogens with zero attached hydrogens (tertiary/aromatic N) is 2. The molecule has 0 saturated heterocycles. The second kappa shape index (κ2) is 5.49. The van der Waals surface area contributed by atoms with Gasteiger partial charge in [-0.1, -0.05) is 29.8 Å². The molecule has 0 saturated carbocycles. The van der Waals surface area contributed by atoms with Crippen LogP contribution in [0.15, 0.2) is 42.6 Å². The minimum atomic E-state index is 0.0321. The van der Waals surface area contributed by atoms with Crippen molar-refractivity contribution in [2.75, 3.05) is 5.32 Å². The van der Waals surface area contributed by atoms with E-state index in [1.165, 1.54) is 0 Å². The minimum absolute atomic E-state index is 0.0321. The number of aryl methyl sites for hydroxylation is 1. The molecule has 2 aromatic carbocycles. The maximum Gasteiger partial charge on any atom is 0.228 e. The Hall–Kier alpha value is -2.59. The predicted octanol–water partition coefficient (Wildman–Crippen LogP) is 4.21. The molecule has 1 aliphatic rings. The molecule has 0 radical (unpaired) electrons. The Kier molecular flexibility index (Phi) is 3.43. The highest BCUT2D eigenvalue weighted by atomic mass is 35.5. The monoisotopic (exact) mass is 337 g/mol. The lowest BCUT2D eigenvalue weighted by Crippen LogP contribution is -2.03. The van der Waals surface area contributed by atoms with Gasteiger partial charge in [-0.05, 0) is 41.8 Å². The standard InChI is InChI=1S/C19H16ClN3O/c1-11-15(10-21-23(11)2)14-4-3-5-16(20)19(14)12-6-7-17-13(8-12)9-18(24)22-17/h3-8,10H,9H2,1-2H3,(H,22,24). The molecular weight excluding hydrogens is 322 g/mol. The molecule has 0 spiro atoms. The molecule has 2 heterocycles. The third-order valence-corrected chi connectivity index (χ3v) is 4.87. The van der Waals surface area contributed by atoms with Crippen LogP contribution in [0.5, 0.6) is 0 Å². The Balaban J connectivity index is 1.92. The summed E-state index contributed by atoms with van der Waals surface area (Å²) in [4.78, 5) is 11.6. The van der Waals surface area contributed by atoms with Crippen LogP contribution < -0.4 is 5.32 Å². The van der Waals surface area contributed by atoms with E-state index in [4.69, 9.17) is 11.6 Å². The fourth-order valence-corrected chi connectivity index (χ4v) is 3.47. The van der Waals surface area contributed by atoms with E-state index in [9.17, 15) is 4.79 Å². The highest BCUT2D eigenvalue weighted by molar-refractivity contribution is 6.34. The molecule has 4 nitrogen and oxygen atoms in total. The van der Waals surface area contributed by atoms with Crippen LogP contribution in [0.25, 0.3) is 22.3 Å². The lowest BCUT2D eigenvalue weighted by Gasteiger charge is -2.13. The maximum atomic E-state index is 11.6. The zero-order chi connectivity index (χ0) is 16.8. The van der Waals surface area contributed by atoms with E-state index in [-0.39, 0.29) is 5.91 Å². The van der Waals surface area contributed by atoms with Gasteiger partial charge in [0.05, 0.1) is 12.6 Å². The van der Waals surface area contributed by atoms with Gasteiger partial charge in [-0.3, -0.25) is 9.48 Å². The molecule has 0 aliphatic carbocycles. The Labute approximate surface area is 145 Å². The third-order valence-electron chi connectivity index (χ3n) is 4.56. The van der Waals surface area contributed by atoms with Gasteiger partial charge in [0.2, 0.25) is 5.91 Å². The van der Waals surface area contributed by atoms with Gasteiger partial charge in [-0.25, -0.2) is 0 Å². The van der Waals surface area contributed by atoms with Crippen LogP contribution in [0.3, 0.4) is 0 Å². The molecule has 1 aliphatic heterocycles. The van der Waals surface area contributed by atoms with Crippen molar-refractivity contribution in [1.29, 1.82) is 0 Å². The fraction of sp³-hybridized carbons (Fsp3) is 0.158. The smallest absolute Gasteiger partial charge is 0.228 e. The van der Waals surface area contributed by atoms with Crippen molar-refractivity contribution in [2.24, 2.45) is 7.05 Å². The average Bonchev–Trinajstić information content (AvgIpc) is 3.08. The first-order valence-corrected chi connectivity index (χ1v) is 8.13. The largest absolute Gasteiger partial charge is 0.326 e. The Morgan fingerprint density at radius 3 is 2.79 bits per heavy atom. The number of carbonyl (C=O) groups excluding carboxylic acids is 1. The molecule has 4 rings (SSSR count). The summed E-state index contributed by atoms with van der Waals surface area (Å²) in [7, 11) is 1.93. The van der Waals surface area contributed by atoms with Crippen LogP contribution in [-0.2, 0) is 18.3 Å². The quantitative estimate of drug-likeness (QED) is 0.761. The molecule has 1 amide bonds. The zero-order valence-corrected chi connectivity index (χ0v) is 14.2. The summed E-state index contributed by atoms with van der Waals surface area (Å²) < 4.78 is 1.85. The van der Waals surface area contributed by atoms with Gasteiger partial charge in [0.15, 0.2) is 0 Å². The number of benzene rings is 2. The van der Waals surface area contributed by atoms with Gasteiger partial charge in [-0.15, -0.1) is 0 Å². The van der Waals surface area contributed by atoms with Crippen molar-refractivity contribution >= 4 is 23.2 Å². The lowest BCUT2D eigenvalue weighted by atomic mass is 9.93. The van der Waals surface area contributed by atoms with Crippen LogP contribution in [0.4, 0.5) is 5.69 Å². The molecule has 0 atom stereocenters. The summed E-state index contributed by atoms with van der Waals surface area (Å²) >= 11 is 6.54. The number of hydrogen-bond donors (Lipinski definition) is 1. The molecule has 3 aromatic rings. The summed E-state index contributed by atoms with van der Waals surface area (Å²) in [5.41, 5.74) is 7.05. The van der Waals surface area contributed by atoms with Gasteiger partial charge in [0.1, 0.15) is 0 Å². The number of rotatable bonds is 2. The topological polar surface area (TPSA) is 46.9 Å². The van der Waals surface area contributed by atoms with E-state index in [2.05, 4.69) is 16.5 Å². The fourth-order valence-electron chi connectivity index (χ4n) is 3.19. The van der Waals surface area contributed by atoms with Gasteiger partial charge < -0.3 is 5.32 Å². The minimum Gasteiger partial charge on any atom is -0.326 e. The number of halogens is 1.